The second-order valence-corrected chi connectivity index (χ2v) is 7.07. The SMILES string of the molecule is C=C(C)CN=c1scc(-c2ccco2)n1N=Cc1cc2c(cc1[N+](=O)[O-])OCO2. The largest absolute Gasteiger partial charge is 0.463 e. The van der Waals surface area contributed by atoms with Crippen LogP contribution >= 0.6 is 11.3 Å². The van der Waals surface area contributed by atoms with E-state index in [0.717, 1.165) is 5.57 Å². The summed E-state index contributed by atoms with van der Waals surface area (Å²) in [6.45, 7) is 6.21. The highest BCUT2D eigenvalue weighted by Gasteiger charge is 2.22. The van der Waals surface area contributed by atoms with Crippen LogP contribution in [0.25, 0.3) is 11.5 Å². The number of thiazole rings is 1. The van der Waals surface area contributed by atoms with Crippen molar-refractivity contribution in [2.45, 2.75) is 6.92 Å². The van der Waals surface area contributed by atoms with E-state index >= 15 is 0 Å². The molecule has 0 spiro atoms. The average molecular weight is 412 g/mol. The zero-order valence-electron chi connectivity index (χ0n) is 15.4. The molecule has 1 aromatic carbocycles. The molecule has 0 saturated heterocycles. The first kappa shape index (κ1) is 18.7. The van der Waals surface area contributed by atoms with Gasteiger partial charge in [-0.25, -0.2) is 4.68 Å². The van der Waals surface area contributed by atoms with Gasteiger partial charge < -0.3 is 13.9 Å². The minimum atomic E-state index is -0.485. The lowest BCUT2D eigenvalue weighted by molar-refractivity contribution is -0.385. The fraction of sp³-hybridized carbons (Fsp3) is 0.158. The van der Waals surface area contributed by atoms with Crippen molar-refractivity contribution in [3.8, 4) is 23.0 Å². The van der Waals surface area contributed by atoms with Crippen molar-refractivity contribution < 1.29 is 18.8 Å². The summed E-state index contributed by atoms with van der Waals surface area (Å²) in [4.78, 5) is 16.1. The Kier molecular flexibility index (Phi) is 5.00. The highest BCUT2D eigenvalue weighted by molar-refractivity contribution is 7.07. The lowest BCUT2D eigenvalue weighted by atomic mass is 10.1. The van der Waals surface area contributed by atoms with Gasteiger partial charge in [0.15, 0.2) is 17.3 Å². The van der Waals surface area contributed by atoms with Gasteiger partial charge >= 0.3 is 0 Å². The zero-order chi connectivity index (χ0) is 20.4. The number of benzene rings is 1. The summed E-state index contributed by atoms with van der Waals surface area (Å²) in [7, 11) is 0. The molecule has 3 aromatic rings. The van der Waals surface area contributed by atoms with Crippen LogP contribution in [0.1, 0.15) is 12.5 Å². The first-order chi connectivity index (χ1) is 14.0. The molecule has 148 valence electrons. The van der Waals surface area contributed by atoms with Gasteiger partial charge in [-0.2, -0.15) is 5.10 Å². The molecule has 3 heterocycles. The molecule has 0 saturated carbocycles. The molecule has 9 nitrogen and oxygen atoms in total. The third-order valence-electron chi connectivity index (χ3n) is 3.97. The highest BCUT2D eigenvalue weighted by Crippen LogP contribution is 2.37. The van der Waals surface area contributed by atoms with E-state index in [2.05, 4.69) is 16.7 Å². The summed E-state index contributed by atoms with van der Waals surface area (Å²) in [6, 6.07) is 6.45. The van der Waals surface area contributed by atoms with E-state index in [1.54, 1.807) is 23.1 Å². The molecule has 0 fully saturated rings. The van der Waals surface area contributed by atoms with Crippen molar-refractivity contribution in [3.63, 3.8) is 0 Å². The lowest BCUT2D eigenvalue weighted by Crippen LogP contribution is -2.13. The fourth-order valence-corrected chi connectivity index (χ4v) is 3.46. The van der Waals surface area contributed by atoms with Crippen molar-refractivity contribution in [3.05, 3.63) is 68.5 Å². The number of hydrogen-bond acceptors (Lipinski definition) is 8. The Labute approximate surface area is 169 Å². The number of nitro benzene ring substituents is 1. The van der Waals surface area contributed by atoms with Gasteiger partial charge in [0, 0.05) is 5.38 Å². The van der Waals surface area contributed by atoms with Crippen LogP contribution in [0.15, 0.2) is 62.6 Å². The van der Waals surface area contributed by atoms with Gasteiger partial charge in [0.2, 0.25) is 11.6 Å². The molecule has 1 aliphatic rings. The Bertz CT molecular complexity index is 1170. The predicted molar refractivity (Wildman–Crippen MR) is 107 cm³/mol. The number of hydrogen-bond donors (Lipinski definition) is 0. The van der Waals surface area contributed by atoms with E-state index in [1.165, 1.54) is 29.7 Å². The van der Waals surface area contributed by atoms with E-state index in [0.29, 0.717) is 34.3 Å². The van der Waals surface area contributed by atoms with E-state index in [1.807, 2.05) is 12.3 Å². The van der Waals surface area contributed by atoms with Crippen molar-refractivity contribution in [1.29, 1.82) is 0 Å². The Morgan fingerprint density at radius 2 is 2.21 bits per heavy atom. The molecule has 10 heteroatoms. The molecule has 2 aromatic heterocycles. The summed E-state index contributed by atoms with van der Waals surface area (Å²) in [5, 5.41) is 17.8. The predicted octanol–water partition coefficient (Wildman–Crippen LogP) is 3.81. The molecule has 4 rings (SSSR count). The summed E-state index contributed by atoms with van der Waals surface area (Å²) in [6.07, 6.45) is 2.97. The molecule has 0 aliphatic carbocycles. The second kappa shape index (κ2) is 7.76. The minimum Gasteiger partial charge on any atom is -0.463 e. The van der Waals surface area contributed by atoms with Gasteiger partial charge in [0.05, 0.1) is 35.6 Å². The molecule has 0 amide bonds. The first-order valence-corrected chi connectivity index (χ1v) is 9.42. The summed E-state index contributed by atoms with van der Waals surface area (Å²) >= 11 is 1.39. The highest BCUT2D eigenvalue weighted by atomic mass is 32.1. The normalized spacial score (nSPS) is 13.3. The third-order valence-corrected chi connectivity index (χ3v) is 4.83. The molecule has 0 atom stereocenters. The molecule has 0 bridgehead atoms. The molecule has 0 radical (unpaired) electrons. The van der Waals surface area contributed by atoms with Crippen LogP contribution in [0.2, 0.25) is 0 Å². The second-order valence-electron chi connectivity index (χ2n) is 6.23. The monoisotopic (exact) mass is 412 g/mol. The standard InChI is InChI=1S/C19H16N4O5S/c1-12(2)8-20-19-22(15(10-29-19)16-4-3-5-26-16)21-9-13-6-17-18(28-11-27-17)7-14(13)23(24)25/h3-7,9-10H,1,8,11H2,2H3. The molecule has 0 unspecified atom stereocenters. The van der Waals surface area contributed by atoms with Crippen LogP contribution in [-0.4, -0.2) is 29.2 Å². The lowest BCUT2D eigenvalue weighted by Gasteiger charge is -2.03. The number of aromatic nitrogens is 1. The van der Waals surface area contributed by atoms with E-state index in [-0.39, 0.29) is 18.0 Å². The quantitative estimate of drug-likeness (QED) is 0.265. The Morgan fingerprint density at radius 3 is 2.90 bits per heavy atom. The summed E-state index contributed by atoms with van der Waals surface area (Å²) < 4.78 is 17.6. The Balaban J connectivity index is 1.81. The van der Waals surface area contributed by atoms with Gasteiger partial charge in [-0.1, -0.05) is 12.2 Å². The third kappa shape index (κ3) is 3.83. The van der Waals surface area contributed by atoms with Crippen LogP contribution in [0.5, 0.6) is 11.5 Å². The number of nitrogens with zero attached hydrogens (tertiary/aromatic N) is 4. The van der Waals surface area contributed by atoms with Gasteiger partial charge in [0.25, 0.3) is 5.69 Å². The fourth-order valence-electron chi connectivity index (χ4n) is 2.65. The van der Waals surface area contributed by atoms with Gasteiger partial charge in [-0.3, -0.25) is 15.1 Å². The maximum Gasteiger partial charge on any atom is 0.282 e. The van der Waals surface area contributed by atoms with Crippen LogP contribution in [-0.2, 0) is 0 Å². The average Bonchev–Trinajstić information content (AvgIpc) is 3.43. The summed E-state index contributed by atoms with van der Waals surface area (Å²) in [5.74, 6) is 1.38. The number of furan rings is 1. The number of ether oxygens (including phenoxy) is 2. The van der Waals surface area contributed by atoms with Crippen molar-refractivity contribution >= 4 is 23.2 Å². The Morgan fingerprint density at radius 1 is 1.41 bits per heavy atom. The van der Waals surface area contributed by atoms with Crippen LogP contribution in [0.4, 0.5) is 5.69 Å². The topological polar surface area (TPSA) is 104 Å². The molecule has 1 aliphatic heterocycles. The molecule has 29 heavy (non-hydrogen) atoms. The zero-order valence-corrected chi connectivity index (χ0v) is 16.2. The number of nitro groups is 1. The summed E-state index contributed by atoms with van der Waals surface area (Å²) in [5.41, 5.74) is 1.74. The maximum absolute atomic E-state index is 11.5. The molecular formula is C19H16N4O5S. The molecule has 0 N–H and O–H groups in total. The number of fused-ring (bicyclic) bond motifs is 1. The number of rotatable bonds is 6. The van der Waals surface area contributed by atoms with Gasteiger partial charge in [-0.15, -0.1) is 11.3 Å². The Hall–Kier alpha value is -3.66. The van der Waals surface area contributed by atoms with Crippen LogP contribution in [0.3, 0.4) is 0 Å². The smallest absolute Gasteiger partial charge is 0.282 e. The van der Waals surface area contributed by atoms with E-state index in [4.69, 9.17) is 13.9 Å². The van der Waals surface area contributed by atoms with Crippen molar-refractivity contribution in [1.82, 2.24) is 4.68 Å². The minimum absolute atomic E-state index is 0.0267. The van der Waals surface area contributed by atoms with E-state index in [9.17, 15) is 10.1 Å². The van der Waals surface area contributed by atoms with E-state index < -0.39 is 4.92 Å². The van der Waals surface area contributed by atoms with Gasteiger partial charge in [0.1, 0.15) is 5.69 Å². The molecular weight excluding hydrogens is 396 g/mol. The van der Waals surface area contributed by atoms with Crippen LogP contribution in [0, 0.1) is 10.1 Å². The first-order valence-electron chi connectivity index (χ1n) is 8.54. The maximum atomic E-state index is 11.5. The van der Waals surface area contributed by atoms with Gasteiger partial charge in [-0.05, 0) is 25.1 Å². The van der Waals surface area contributed by atoms with Crippen LogP contribution < -0.4 is 14.3 Å². The van der Waals surface area contributed by atoms with Crippen molar-refractivity contribution in [2.75, 3.05) is 13.3 Å². The van der Waals surface area contributed by atoms with Crippen molar-refractivity contribution in [2.24, 2.45) is 10.1 Å².